The number of rotatable bonds is 3. The highest BCUT2D eigenvalue weighted by molar-refractivity contribution is 7.17. The van der Waals surface area contributed by atoms with Crippen molar-refractivity contribution in [1.82, 2.24) is 25.3 Å². The zero-order chi connectivity index (χ0) is 17.3. The minimum Gasteiger partial charge on any atom is -0.472 e. The second-order valence-electron chi connectivity index (χ2n) is 5.54. The van der Waals surface area contributed by atoms with E-state index in [1.807, 2.05) is 13.8 Å². The Balaban J connectivity index is 1.74. The first-order valence-electron chi connectivity index (χ1n) is 7.52. The van der Waals surface area contributed by atoms with Gasteiger partial charge in [-0.15, -0.1) is 5.10 Å². The predicted octanol–water partition coefficient (Wildman–Crippen LogP) is 1.19. The normalized spacial score (nSPS) is 17.1. The van der Waals surface area contributed by atoms with Gasteiger partial charge >= 0.3 is 11.8 Å². The van der Waals surface area contributed by atoms with Gasteiger partial charge in [-0.3, -0.25) is 20.0 Å². The molecule has 2 amide bonds. The standard InChI is InChI=1S/C14H18N6O3S/c1-7-10(8(2)17-16-7)9-5-4-6-20(9)12(22)11(21)15-13-18-19-14(23-3)24-13/h9H,4-6H2,1-3H3,(H,16,17)(H,15,18,21)/t9-/m1/s1. The number of carbonyl (C=O) groups is 2. The number of likely N-dealkylation sites (tertiary alicyclic amines) is 1. The zero-order valence-corrected chi connectivity index (χ0v) is 14.4. The molecule has 0 unspecified atom stereocenters. The fourth-order valence-electron chi connectivity index (χ4n) is 2.98. The zero-order valence-electron chi connectivity index (χ0n) is 13.6. The third-order valence-corrected chi connectivity index (χ3v) is 4.83. The smallest absolute Gasteiger partial charge is 0.315 e. The van der Waals surface area contributed by atoms with E-state index in [1.165, 1.54) is 7.11 Å². The fraction of sp³-hybridized carbons (Fsp3) is 0.500. The molecule has 3 rings (SSSR count). The monoisotopic (exact) mass is 350 g/mol. The van der Waals surface area contributed by atoms with Crippen LogP contribution in [0.4, 0.5) is 5.13 Å². The number of aromatic amines is 1. The van der Waals surface area contributed by atoms with Crippen LogP contribution in [0.5, 0.6) is 5.19 Å². The van der Waals surface area contributed by atoms with Gasteiger partial charge in [-0.2, -0.15) is 5.10 Å². The lowest BCUT2D eigenvalue weighted by Crippen LogP contribution is -2.39. The highest BCUT2D eigenvalue weighted by Crippen LogP contribution is 2.35. The molecule has 3 heterocycles. The Morgan fingerprint density at radius 3 is 2.79 bits per heavy atom. The number of hydrogen-bond acceptors (Lipinski definition) is 7. The third kappa shape index (κ3) is 2.96. The van der Waals surface area contributed by atoms with Gasteiger partial charge in [0.1, 0.15) is 0 Å². The molecule has 0 aliphatic carbocycles. The van der Waals surface area contributed by atoms with E-state index in [0.29, 0.717) is 11.7 Å². The van der Waals surface area contributed by atoms with E-state index >= 15 is 0 Å². The van der Waals surface area contributed by atoms with Crippen molar-refractivity contribution < 1.29 is 14.3 Å². The Bertz CT molecular complexity index is 751. The van der Waals surface area contributed by atoms with E-state index < -0.39 is 11.8 Å². The molecule has 9 nitrogen and oxygen atoms in total. The van der Waals surface area contributed by atoms with E-state index in [9.17, 15) is 9.59 Å². The molecule has 10 heteroatoms. The van der Waals surface area contributed by atoms with Crippen LogP contribution in [-0.2, 0) is 9.59 Å². The number of aryl methyl sites for hydroxylation is 2. The van der Waals surface area contributed by atoms with Gasteiger partial charge in [0, 0.05) is 17.8 Å². The summed E-state index contributed by atoms with van der Waals surface area (Å²) in [6.07, 6.45) is 1.66. The molecule has 128 valence electrons. The number of hydrogen-bond donors (Lipinski definition) is 2. The lowest BCUT2D eigenvalue weighted by atomic mass is 10.0. The van der Waals surface area contributed by atoms with Crippen LogP contribution >= 0.6 is 11.3 Å². The molecule has 1 fully saturated rings. The predicted molar refractivity (Wildman–Crippen MR) is 86.8 cm³/mol. The molecule has 0 saturated carbocycles. The van der Waals surface area contributed by atoms with E-state index in [-0.39, 0.29) is 11.2 Å². The maximum absolute atomic E-state index is 12.6. The molecule has 24 heavy (non-hydrogen) atoms. The lowest BCUT2D eigenvalue weighted by molar-refractivity contribution is -0.143. The van der Waals surface area contributed by atoms with Crippen LogP contribution in [0.15, 0.2) is 0 Å². The summed E-state index contributed by atoms with van der Waals surface area (Å²) in [6.45, 7) is 4.36. The van der Waals surface area contributed by atoms with Crippen molar-refractivity contribution in [2.24, 2.45) is 0 Å². The van der Waals surface area contributed by atoms with Crippen LogP contribution in [0.2, 0.25) is 0 Å². The molecule has 2 N–H and O–H groups in total. The Morgan fingerprint density at radius 1 is 1.38 bits per heavy atom. The largest absolute Gasteiger partial charge is 0.472 e. The summed E-state index contributed by atoms with van der Waals surface area (Å²) in [7, 11) is 1.46. The first-order chi connectivity index (χ1) is 11.5. The van der Waals surface area contributed by atoms with Gasteiger partial charge < -0.3 is 9.64 Å². The molecular weight excluding hydrogens is 332 g/mol. The molecule has 1 aliphatic rings. The first kappa shape index (κ1) is 16.4. The second kappa shape index (κ2) is 6.56. The van der Waals surface area contributed by atoms with Gasteiger partial charge in [0.25, 0.3) is 5.19 Å². The van der Waals surface area contributed by atoms with Crippen LogP contribution in [-0.4, -0.2) is 50.8 Å². The molecule has 0 aromatic carbocycles. The average Bonchev–Trinajstić information content (AvgIpc) is 3.27. The van der Waals surface area contributed by atoms with Crippen LogP contribution in [0.25, 0.3) is 0 Å². The van der Waals surface area contributed by atoms with Crippen molar-refractivity contribution in [2.75, 3.05) is 19.0 Å². The quantitative estimate of drug-likeness (QED) is 0.804. The van der Waals surface area contributed by atoms with Crippen LogP contribution in [0.1, 0.15) is 35.8 Å². The maximum Gasteiger partial charge on any atom is 0.315 e. The van der Waals surface area contributed by atoms with Gasteiger partial charge in [0.15, 0.2) is 0 Å². The summed E-state index contributed by atoms with van der Waals surface area (Å²) in [4.78, 5) is 26.4. The molecule has 1 saturated heterocycles. The molecule has 0 spiro atoms. The third-order valence-electron chi connectivity index (χ3n) is 4.03. The first-order valence-corrected chi connectivity index (χ1v) is 8.33. The Hall–Kier alpha value is -2.49. The highest BCUT2D eigenvalue weighted by Gasteiger charge is 2.36. The van der Waals surface area contributed by atoms with Crippen LogP contribution in [0, 0.1) is 13.8 Å². The topological polar surface area (TPSA) is 113 Å². The minimum absolute atomic E-state index is 0.133. The molecular formula is C14H18N6O3S. The number of carbonyl (C=O) groups excluding carboxylic acids is 2. The van der Waals surface area contributed by atoms with Gasteiger partial charge in [-0.1, -0.05) is 5.10 Å². The highest BCUT2D eigenvalue weighted by atomic mass is 32.1. The molecule has 0 bridgehead atoms. The van der Waals surface area contributed by atoms with Crippen molar-refractivity contribution in [3.8, 4) is 5.19 Å². The van der Waals surface area contributed by atoms with E-state index in [1.54, 1.807) is 4.90 Å². The number of amides is 2. The SMILES string of the molecule is COc1nnc(NC(=O)C(=O)N2CCC[C@@H]2c2c(C)n[nH]c2C)s1. The molecule has 2 aromatic heterocycles. The van der Waals surface area contributed by atoms with Crippen LogP contribution < -0.4 is 10.1 Å². The summed E-state index contributed by atoms with van der Waals surface area (Å²) >= 11 is 1.06. The molecule has 0 radical (unpaired) electrons. The minimum atomic E-state index is -0.723. The molecule has 1 aliphatic heterocycles. The van der Waals surface area contributed by atoms with Gasteiger partial charge in [-0.05, 0) is 38.0 Å². The van der Waals surface area contributed by atoms with Gasteiger partial charge in [0.05, 0.1) is 18.8 Å². The van der Waals surface area contributed by atoms with Crippen molar-refractivity contribution >= 4 is 28.3 Å². The van der Waals surface area contributed by atoms with Crippen LogP contribution in [0.3, 0.4) is 0 Å². The number of ether oxygens (including phenoxy) is 1. The van der Waals surface area contributed by atoms with E-state index in [2.05, 4.69) is 25.7 Å². The van der Waals surface area contributed by atoms with Crippen molar-refractivity contribution in [3.05, 3.63) is 17.0 Å². The van der Waals surface area contributed by atoms with Crippen molar-refractivity contribution in [2.45, 2.75) is 32.7 Å². The van der Waals surface area contributed by atoms with Crippen molar-refractivity contribution in [1.29, 1.82) is 0 Å². The van der Waals surface area contributed by atoms with Crippen molar-refractivity contribution in [3.63, 3.8) is 0 Å². The Labute approximate surface area is 142 Å². The Morgan fingerprint density at radius 2 is 2.17 bits per heavy atom. The summed E-state index contributed by atoms with van der Waals surface area (Å²) < 4.78 is 4.92. The van der Waals surface area contributed by atoms with Gasteiger partial charge in [-0.25, -0.2) is 0 Å². The number of anilines is 1. The Kier molecular flexibility index (Phi) is 4.47. The second-order valence-corrected chi connectivity index (χ2v) is 6.48. The summed E-state index contributed by atoms with van der Waals surface area (Å²) in [5, 5.41) is 17.6. The number of nitrogens with zero attached hydrogens (tertiary/aromatic N) is 4. The number of methoxy groups -OCH3 is 1. The summed E-state index contributed by atoms with van der Waals surface area (Å²) in [6, 6.07) is -0.133. The maximum atomic E-state index is 12.6. The lowest BCUT2D eigenvalue weighted by Gasteiger charge is -2.24. The number of H-pyrrole nitrogens is 1. The number of nitrogens with one attached hydrogen (secondary N) is 2. The molecule has 1 atom stereocenters. The molecule has 2 aromatic rings. The number of aromatic nitrogens is 4. The summed E-state index contributed by atoms with van der Waals surface area (Å²) in [5.41, 5.74) is 2.77. The summed E-state index contributed by atoms with van der Waals surface area (Å²) in [5.74, 6) is -1.30. The average molecular weight is 350 g/mol. The van der Waals surface area contributed by atoms with E-state index in [0.717, 1.165) is 41.1 Å². The van der Waals surface area contributed by atoms with Gasteiger partial charge in [0.2, 0.25) is 5.13 Å². The van der Waals surface area contributed by atoms with E-state index in [4.69, 9.17) is 4.74 Å². The fourth-order valence-corrected chi connectivity index (χ4v) is 3.54.